The van der Waals surface area contributed by atoms with Crippen LogP contribution in [-0.2, 0) is 6.42 Å². The van der Waals surface area contributed by atoms with Gasteiger partial charge in [-0.3, -0.25) is 0 Å². The molecule has 0 heterocycles. The maximum atomic E-state index is 6.21. The lowest BCUT2D eigenvalue weighted by Crippen LogP contribution is -2.15. The van der Waals surface area contributed by atoms with E-state index in [1.807, 2.05) is 0 Å². The van der Waals surface area contributed by atoms with Crippen LogP contribution in [0.5, 0.6) is 0 Å². The first-order valence-corrected chi connectivity index (χ1v) is 6.77. The van der Waals surface area contributed by atoms with Crippen molar-refractivity contribution >= 4 is 0 Å². The molecule has 1 aliphatic carbocycles. The number of allylic oxidation sites excluding steroid dienone is 2. The summed E-state index contributed by atoms with van der Waals surface area (Å²) in [6, 6.07) is 8.56. The van der Waals surface area contributed by atoms with Crippen molar-refractivity contribution in [2.24, 2.45) is 11.7 Å². The van der Waals surface area contributed by atoms with Crippen molar-refractivity contribution in [2.45, 2.75) is 45.4 Å². The summed E-state index contributed by atoms with van der Waals surface area (Å²) in [5, 5.41) is 0. The van der Waals surface area contributed by atoms with Crippen LogP contribution >= 0.6 is 0 Å². The maximum Gasteiger partial charge on any atom is 0.00748 e. The molecule has 0 unspecified atom stereocenters. The molecule has 1 nitrogen and oxygen atoms in total. The van der Waals surface area contributed by atoms with Crippen LogP contribution in [0.3, 0.4) is 0 Å². The third-order valence-corrected chi connectivity index (χ3v) is 3.90. The van der Waals surface area contributed by atoms with Crippen LogP contribution < -0.4 is 5.73 Å². The van der Waals surface area contributed by atoms with Crippen LogP contribution in [0.15, 0.2) is 36.0 Å². The van der Waals surface area contributed by atoms with Crippen LogP contribution in [0, 0.1) is 12.8 Å². The molecule has 0 spiro atoms. The van der Waals surface area contributed by atoms with Crippen LogP contribution in [-0.4, -0.2) is 0 Å². The summed E-state index contributed by atoms with van der Waals surface area (Å²) in [6.07, 6.45) is 9.88. The zero-order valence-corrected chi connectivity index (χ0v) is 10.8. The van der Waals surface area contributed by atoms with Crippen molar-refractivity contribution in [2.75, 3.05) is 0 Å². The summed E-state index contributed by atoms with van der Waals surface area (Å²) in [5.41, 5.74) is 10.1. The zero-order valence-electron chi connectivity index (χ0n) is 10.8. The quantitative estimate of drug-likeness (QED) is 0.834. The Labute approximate surface area is 105 Å². The SMILES string of the molecule is Cc1ccccc1C/C=C(\N)C1CCCCC1. The molecule has 0 aromatic heterocycles. The predicted octanol–water partition coefficient (Wildman–Crippen LogP) is 3.96. The van der Waals surface area contributed by atoms with Crippen molar-refractivity contribution in [3.8, 4) is 0 Å². The lowest BCUT2D eigenvalue weighted by Gasteiger charge is -2.22. The average Bonchev–Trinajstić information content (AvgIpc) is 2.38. The van der Waals surface area contributed by atoms with Crippen molar-refractivity contribution in [1.82, 2.24) is 0 Å². The minimum absolute atomic E-state index is 0.646. The molecule has 0 radical (unpaired) electrons. The highest BCUT2D eigenvalue weighted by Gasteiger charge is 2.15. The number of hydrogen-bond donors (Lipinski definition) is 1. The molecular weight excluding hydrogens is 206 g/mol. The molecule has 1 aromatic rings. The smallest absolute Gasteiger partial charge is 0.00748 e. The Bertz CT molecular complexity index is 386. The number of hydrogen-bond acceptors (Lipinski definition) is 1. The minimum atomic E-state index is 0.646. The molecule has 17 heavy (non-hydrogen) atoms. The Morgan fingerprint density at radius 3 is 2.65 bits per heavy atom. The standard InChI is InChI=1S/C16H23N/c1-13-7-5-6-8-14(13)11-12-16(17)15-9-3-2-4-10-15/h5-8,12,15H,2-4,9-11,17H2,1H3/b16-12-. The summed E-state index contributed by atoms with van der Waals surface area (Å²) in [4.78, 5) is 0. The molecule has 0 saturated heterocycles. The van der Waals surface area contributed by atoms with Gasteiger partial charge in [-0.2, -0.15) is 0 Å². The fraction of sp³-hybridized carbons (Fsp3) is 0.500. The Kier molecular flexibility index (Phi) is 4.24. The van der Waals surface area contributed by atoms with Crippen molar-refractivity contribution in [1.29, 1.82) is 0 Å². The third kappa shape index (κ3) is 3.36. The van der Waals surface area contributed by atoms with Gasteiger partial charge in [0.05, 0.1) is 0 Å². The van der Waals surface area contributed by atoms with Gasteiger partial charge < -0.3 is 5.73 Å². The molecule has 0 amide bonds. The van der Waals surface area contributed by atoms with Crippen molar-refractivity contribution in [3.05, 3.63) is 47.2 Å². The van der Waals surface area contributed by atoms with Gasteiger partial charge in [0, 0.05) is 5.70 Å². The number of aryl methyl sites for hydroxylation is 1. The Morgan fingerprint density at radius 2 is 1.94 bits per heavy atom. The Hall–Kier alpha value is -1.24. The van der Waals surface area contributed by atoms with Gasteiger partial charge >= 0.3 is 0 Å². The largest absolute Gasteiger partial charge is 0.402 e. The molecule has 1 aromatic carbocycles. The van der Waals surface area contributed by atoms with Crippen LogP contribution in [0.4, 0.5) is 0 Å². The lowest BCUT2D eigenvalue weighted by molar-refractivity contribution is 0.399. The second-order valence-electron chi connectivity index (χ2n) is 5.17. The van der Waals surface area contributed by atoms with Gasteiger partial charge in [0.1, 0.15) is 0 Å². The van der Waals surface area contributed by atoms with Gasteiger partial charge in [0.25, 0.3) is 0 Å². The van der Waals surface area contributed by atoms with Crippen LogP contribution in [0.1, 0.15) is 43.2 Å². The number of nitrogens with two attached hydrogens (primary N) is 1. The summed E-state index contributed by atoms with van der Waals surface area (Å²) in [6.45, 7) is 2.17. The molecule has 1 saturated carbocycles. The average molecular weight is 229 g/mol. The molecule has 1 fully saturated rings. The van der Waals surface area contributed by atoms with E-state index in [1.165, 1.54) is 43.2 Å². The summed E-state index contributed by atoms with van der Waals surface area (Å²) < 4.78 is 0. The van der Waals surface area contributed by atoms with Crippen LogP contribution in [0.25, 0.3) is 0 Å². The first-order valence-electron chi connectivity index (χ1n) is 6.77. The van der Waals surface area contributed by atoms with Crippen LogP contribution in [0.2, 0.25) is 0 Å². The van der Waals surface area contributed by atoms with Crippen molar-refractivity contribution < 1.29 is 0 Å². The molecule has 2 rings (SSSR count). The second-order valence-corrected chi connectivity index (χ2v) is 5.17. The van der Waals surface area contributed by atoms with Gasteiger partial charge in [-0.1, -0.05) is 49.6 Å². The van der Waals surface area contributed by atoms with Gasteiger partial charge in [-0.15, -0.1) is 0 Å². The molecule has 1 aliphatic rings. The topological polar surface area (TPSA) is 26.0 Å². The monoisotopic (exact) mass is 229 g/mol. The lowest BCUT2D eigenvalue weighted by atomic mass is 9.86. The number of benzene rings is 1. The fourth-order valence-electron chi connectivity index (χ4n) is 2.67. The molecule has 92 valence electrons. The molecule has 0 aliphatic heterocycles. The van der Waals surface area contributed by atoms with E-state index < -0.39 is 0 Å². The van der Waals surface area contributed by atoms with E-state index in [0.717, 1.165) is 12.1 Å². The van der Waals surface area contributed by atoms with E-state index in [2.05, 4.69) is 37.3 Å². The zero-order chi connectivity index (χ0) is 12.1. The number of rotatable bonds is 3. The predicted molar refractivity (Wildman–Crippen MR) is 73.7 cm³/mol. The Morgan fingerprint density at radius 1 is 1.24 bits per heavy atom. The molecule has 0 atom stereocenters. The molecule has 0 bridgehead atoms. The maximum absolute atomic E-state index is 6.21. The van der Waals surface area contributed by atoms with E-state index in [9.17, 15) is 0 Å². The Balaban J connectivity index is 1.97. The van der Waals surface area contributed by atoms with E-state index in [4.69, 9.17) is 5.73 Å². The summed E-state index contributed by atoms with van der Waals surface area (Å²) in [5.74, 6) is 0.646. The fourth-order valence-corrected chi connectivity index (χ4v) is 2.67. The van der Waals surface area contributed by atoms with E-state index in [-0.39, 0.29) is 0 Å². The highest BCUT2D eigenvalue weighted by molar-refractivity contribution is 5.28. The second kappa shape index (κ2) is 5.90. The first-order chi connectivity index (χ1) is 8.27. The van der Waals surface area contributed by atoms with Gasteiger partial charge in [0.2, 0.25) is 0 Å². The van der Waals surface area contributed by atoms with Crippen molar-refractivity contribution in [3.63, 3.8) is 0 Å². The molecule has 1 heteroatoms. The van der Waals surface area contributed by atoms with Gasteiger partial charge in [-0.05, 0) is 43.2 Å². The van der Waals surface area contributed by atoms with Gasteiger partial charge in [-0.25, -0.2) is 0 Å². The highest BCUT2D eigenvalue weighted by atomic mass is 14.6. The van der Waals surface area contributed by atoms with E-state index in [1.54, 1.807) is 0 Å². The molecule has 2 N–H and O–H groups in total. The highest BCUT2D eigenvalue weighted by Crippen LogP contribution is 2.27. The minimum Gasteiger partial charge on any atom is -0.402 e. The van der Waals surface area contributed by atoms with E-state index in [0.29, 0.717) is 5.92 Å². The molecular formula is C16H23N. The first kappa shape index (κ1) is 12.2. The summed E-state index contributed by atoms with van der Waals surface area (Å²) in [7, 11) is 0. The summed E-state index contributed by atoms with van der Waals surface area (Å²) >= 11 is 0. The van der Waals surface area contributed by atoms with Gasteiger partial charge in [0.15, 0.2) is 0 Å². The normalized spacial score (nSPS) is 18.3. The third-order valence-electron chi connectivity index (χ3n) is 3.90. The van der Waals surface area contributed by atoms with E-state index >= 15 is 0 Å².